The quantitative estimate of drug-likeness (QED) is 0.769. The highest BCUT2D eigenvalue weighted by Gasteiger charge is 2.27. The van der Waals surface area contributed by atoms with Crippen molar-refractivity contribution in [2.45, 2.75) is 37.6 Å². The molecule has 3 rings (SSSR count). The Balaban J connectivity index is 1.65. The summed E-state index contributed by atoms with van der Waals surface area (Å²) in [5.74, 6) is 1.58. The highest BCUT2D eigenvalue weighted by molar-refractivity contribution is 9.10. The fourth-order valence-electron chi connectivity index (χ4n) is 3.43. The van der Waals surface area contributed by atoms with Crippen molar-refractivity contribution < 1.29 is 0 Å². The van der Waals surface area contributed by atoms with E-state index in [2.05, 4.69) is 36.8 Å². The van der Waals surface area contributed by atoms with Crippen LogP contribution in [0.2, 0.25) is 0 Å². The Labute approximate surface area is 134 Å². The summed E-state index contributed by atoms with van der Waals surface area (Å²) in [6, 6.07) is 2.92. The van der Waals surface area contributed by atoms with E-state index >= 15 is 0 Å². The van der Waals surface area contributed by atoms with Gasteiger partial charge in [0.15, 0.2) is 0 Å². The van der Waals surface area contributed by atoms with E-state index in [4.69, 9.17) is 11.6 Å². The second-order valence-corrected chi connectivity index (χ2v) is 6.91. The topological polar surface area (TPSA) is 19.4 Å². The Morgan fingerprint density at radius 3 is 2.55 bits per heavy atom. The Kier molecular flexibility index (Phi) is 4.84. The molecule has 2 fully saturated rings. The van der Waals surface area contributed by atoms with Crippen molar-refractivity contribution >= 4 is 33.3 Å². The van der Waals surface area contributed by atoms with Gasteiger partial charge in [-0.1, -0.05) is 12.8 Å². The zero-order valence-corrected chi connectivity index (χ0v) is 14.0. The van der Waals surface area contributed by atoms with Gasteiger partial charge in [0.25, 0.3) is 0 Å². The van der Waals surface area contributed by atoms with Crippen molar-refractivity contribution in [1.29, 1.82) is 0 Å². The van der Waals surface area contributed by atoms with Crippen LogP contribution in [0.1, 0.15) is 31.2 Å². The van der Waals surface area contributed by atoms with E-state index in [1.807, 2.05) is 6.20 Å². The van der Waals surface area contributed by atoms with Crippen LogP contribution in [0.3, 0.4) is 0 Å². The lowest BCUT2D eigenvalue weighted by Crippen LogP contribution is -2.50. The first kappa shape index (κ1) is 14.6. The molecule has 2 aliphatic rings. The maximum atomic E-state index is 6.06. The maximum Gasteiger partial charge on any atom is 0.133 e. The molecule has 0 spiro atoms. The zero-order valence-electron chi connectivity index (χ0n) is 11.7. The molecule has 0 atom stereocenters. The smallest absolute Gasteiger partial charge is 0.133 e. The first-order valence-corrected chi connectivity index (χ1v) is 8.80. The molecule has 0 aromatic carbocycles. The summed E-state index contributed by atoms with van der Waals surface area (Å²) in [4.78, 5) is 9.63. The van der Waals surface area contributed by atoms with Gasteiger partial charge in [0.2, 0.25) is 0 Å². The maximum absolute atomic E-state index is 6.06. The van der Waals surface area contributed by atoms with E-state index in [0.29, 0.717) is 5.88 Å². The molecule has 0 N–H and O–H groups in total. The molecule has 0 unspecified atom stereocenters. The number of piperazine rings is 1. The van der Waals surface area contributed by atoms with Crippen molar-refractivity contribution in [2.75, 3.05) is 31.1 Å². The number of halogens is 2. The van der Waals surface area contributed by atoms with Crippen molar-refractivity contribution in [3.8, 4) is 0 Å². The minimum atomic E-state index is 0.518. The van der Waals surface area contributed by atoms with E-state index in [1.165, 1.54) is 25.7 Å². The Morgan fingerprint density at radius 2 is 1.90 bits per heavy atom. The van der Waals surface area contributed by atoms with Crippen molar-refractivity contribution in [3.05, 3.63) is 22.3 Å². The van der Waals surface area contributed by atoms with Crippen LogP contribution in [0, 0.1) is 0 Å². The van der Waals surface area contributed by atoms with Crippen LogP contribution in [0.5, 0.6) is 0 Å². The molecule has 1 aliphatic carbocycles. The minimum absolute atomic E-state index is 0.518. The molecule has 1 aromatic rings. The second-order valence-electron chi connectivity index (χ2n) is 5.73. The number of alkyl halides is 1. The molecule has 1 aromatic heterocycles. The molecule has 5 heteroatoms. The van der Waals surface area contributed by atoms with E-state index in [0.717, 1.165) is 48.1 Å². The molecule has 3 nitrogen and oxygen atoms in total. The number of aromatic nitrogens is 1. The molecule has 1 saturated heterocycles. The van der Waals surface area contributed by atoms with Gasteiger partial charge in [-0.05, 0) is 34.8 Å². The summed E-state index contributed by atoms with van der Waals surface area (Å²) in [7, 11) is 0. The van der Waals surface area contributed by atoms with Crippen LogP contribution in [-0.2, 0) is 5.88 Å². The predicted octanol–water partition coefficient (Wildman–Crippen LogP) is 3.65. The SMILES string of the molecule is ClCc1cc(Br)cnc1N1CCN(C2CCCC2)CC1. The number of hydrogen-bond donors (Lipinski definition) is 0. The Bertz CT molecular complexity index is 454. The number of nitrogens with zero attached hydrogens (tertiary/aromatic N) is 3. The summed E-state index contributed by atoms with van der Waals surface area (Å²) in [6.07, 6.45) is 7.48. The Morgan fingerprint density at radius 1 is 1.20 bits per heavy atom. The van der Waals surface area contributed by atoms with Crippen molar-refractivity contribution in [3.63, 3.8) is 0 Å². The standard InChI is InChI=1S/C15H21BrClN3/c16-13-9-12(10-17)15(18-11-13)20-7-5-19(6-8-20)14-3-1-2-4-14/h9,11,14H,1-8,10H2. The van der Waals surface area contributed by atoms with Crippen LogP contribution in [0.4, 0.5) is 5.82 Å². The van der Waals surface area contributed by atoms with Crippen molar-refractivity contribution in [2.24, 2.45) is 0 Å². The normalized spacial score (nSPS) is 21.6. The summed E-state index contributed by atoms with van der Waals surface area (Å²) < 4.78 is 1.00. The summed E-state index contributed by atoms with van der Waals surface area (Å²) in [5, 5.41) is 0. The predicted molar refractivity (Wildman–Crippen MR) is 87.5 cm³/mol. The lowest BCUT2D eigenvalue weighted by Gasteiger charge is -2.39. The molecule has 20 heavy (non-hydrogen) atoms. The average Bonchev–Trinajstić information content (AvgIpc) is 3.01. The first-order chi connectivity index (χ1) is 9.78. The summed E-state index contributed by atoms with van der Waals surface area (Å²) >= 11 is 9.53. The first-order valence-electron chi connectivity index (χ1n) is 7.47. The second kappa shape index (κ2) is 6.63. The summed E-state index contributed by atoms with van der Waals surface area (Å²) in [5.41, 5.74) is 1.12. The van der Waals surface area contributed by atoms with Gasteiger partial charge >= 0.3 is 0 Å². The monoisotopic (exact) mass is 357 g/mol. The fraction of sp³-hybridized carbons (Fsp3) is 0.667. The molecule has 0 bridgehead atoms. The third-order valence-corrected chi connectivity index (χ3v) is 5.23. The van der Waals surface area contributed by atoms with Gasteiger partial charge in [0, 0.05) is 48.5 Å². The molecule has 1 saturated carbocycles. The van der Waals surface area contributed by atoms with Gasteiger partial charge in [-0.25, -0.2) is 4.98 Å². The van der Waals surface area contributed by atoms with E-state index in [-0.39, 0.29) is 0 Å². The third-order valence-electron chi connectivity index (χ3n) is 4.51. The van der Waals surface area contributed by atoms with Gasteiger partial charge in [-0.15, -0.1) is 11.6 Å². The van der Waals surface area contributed by atoms with Gasteiger partial charge in [0.1, 0.15) is 5.82 Å². The van der Waals surface area contributed by atoms with E-state index in [1.54, 1.807) is 0 Å². The highest BCUT2D eigenvalue weighted by Crippen LogP contribution is 2.27. The minimum Gasteiger partial charge on any atom is -0.354 e. The molecular formula is C15H21BrClN3. The van der Waals surface area contributed by atoms with Crippen LogP contribution in [-0.4, -0.2) is 42.1 Å². The molecule has 1 aliphatic heterocycles. The fourth-order valence-corrected chi connectivity index (χ4v) is 4.00. The number of rotatable bonds is 3. The Hall–Kier alpha value is -0.320. The van der Waals surface area contributed by atoms with Gasteiger partial charge < -0.3 is 4.90 Å². The van der Waals surface area contributed by atoms with Crippen molar-refractivity contribution in [1.82, 2.24) is 9.88 Å². The van der Waals surface area contributed by atoms with Gasteiger partial charge in [-0.2, -0.15) is 0 Å². The van der Waals surface area contributed by atoms with Crippen LogP contribution < -0.4 is 4.90 Å². The van der Waals surface area contributed by atoms with Gasteiger partial charge in [0.05, 0.1) is 5.88 Å². The summed E-state index contributed by atoms with van der Waals surface area (Å²) in [6.45, 7) is 4.44. The molecule has 2 heterocycles. The van der Waals surface area contributed by atoms with Crippen LogP contribution >= 0.6 is 27.5 Å². The lowest BCUT2D eigenvalue weighted by atomic mass is 10.1. The number of pyridine rings is 1. The molecule has 0 amide bonds. The van der Waals surface area contributed by atoms with E-state index < -0.39 is 0 Å². The number of hydrogen-bond acceptors (Lipinski definition) is 3. The van der Waals surface area contributed by atoms with Crippen LogP contribution in [0.25, 0.3) is 0 Å². The highest BCUT2D eigenvalue weighted by atomic mass is 79.9. The largest absolute Gasteiger partial charge is 0.354 e. The van der Waals surface area contributed by atoms with Gasteiger partial charge in [-0.3, -0.25) is 4.90 Å². The molecular weight excluding hydrogens is 338 g/mol. The number of anilines is 1. The molecule has 110 valence electrons. The average molecular weight is 359 g/mol. The third kappa shape index (κ3) is 3.12. The zero-order chi connectivity index (χ0) is 13.9. The van der Waals surface area contributed by atoms with E-state index in [9.17, 15) is 0 Å². The van der Waals surface area contributed by atoms with Crippen LogP contribution in [0.15, 0.2) is 16.7 Å². The lowest BCUT2D eigenvalue weighted by molar-refractivity contribution is 0.187. The molecule has 0 radical (unpaired) electrons.